The highest BCUT2D eigenvalue weighted by atomic mass is 35.5. The summed E-state index contributed by atoms with van der Waals surface area (Å²) in [4.78, 5) is 4.56. The van der Waals surface area contributed by atoms with E-state index in [1.165, 1.54) is 0 Å². The van der Waals surface area contributed by atoms with Crippen molar-refractivity contribution in [3.63, 3.8) is 0 Å². The van der Waals surface area contributed by atoms with Crippen molar-refractivity contribution in [3.8, 4) is 17.0 Å². The zero-order chi connectivity index (χ0) is 14.8. The van der Waals surface area contributed by atoms with Crippen molar-refractivity contribution in [2.75, 3.05) is 0 Å². The van der Waals surface area contributed by atoms with Gasteiger partial charge in [0, 0.05) is 16.5 Å². The van der Waals surface area contributed by atoms with E-state index in [2.05, 4.69) is 17.1 Å². The van der Waals surface area contributed by atoms with Crippen LogP contribution in [0.3, 0.4) is 0 Å². The van der Waals surface area contributed by atoms with Gasteiger partial charge in [-0.05, 0) is 43.2 Å². The summed E-state index contributed by atoms with van der Waals surface area (Å²) in [5.41, 5.74) is 3.09. The monoisotopic (exact) mass is 297 g/mol. The van der Waals surface area contributed by atoms with Crippen molar-refractivity contribution in [1.29, 1.82) is 0 Å². The minimum atomic E-state index is 0.0888. The van der Waals surface area contributed by atoms with Gasteiger partial charge in [-0.25, -0.2) is 4.98 Å². The molecular weight excluding hydrogens is 282 g/mol. The average Bonchev–Trinajstić information content (AvgIpc) is 2.47. The normalized spacial score (nSPS) is 11.0. The molecule has 0 saturated heterocycles. The summed E-state index contributed by atoms with van der Waals surface area (Å²) in [7, 11) is 0. The van der Waals surface area contributed by atoms with E-state index in [0.717, 1.165) is 22.0 Å². The van der Waals surface area contributed by atoms with Gasteiger partial charge in [0.15, 0.2) is 0 Å². The summed E-state index contributed by atoms with van der Waals surface area (Å²) in [5, 5.41) is 1.74. The zero-order valence-corrected chi connectivity index (χ0v) is 12.8. The molecule has 3 rings (SSSR count). The molecule has 3 aromatic rings. The average molecular weight is 298 g/mol. The number of nitrogens with zero attached hydrogens (tertiary/aromatic N) is 1. The minimum absolute atomic E-state index is 0.0888. The molecule has 3 heteroatoms. The highest BCUT2D eigenvalue weighted by Crippen LogP contribution is 2.32. The maximum Gasteiger partial charge on any atom is 0.214 e. The molecule has 2 nitrogen and oxygen atoms in total. The Hall–Kier alpha value is -2.06. The second-order valence-electron chi connectivity index (χ2n) is 5.20. The van der Waals surface area contributed by atoms with E-state index in [-0.39, 0.29) is 6.10 Å². The number of hydrogen-bond acceptors (Lipinski definition) is 2. The molecule has 0 fully saturated rings. The van der Waals surface area contributed by atoms with Gasteiger partial charge < -0.3 is 4.74 Å². The smallest absolute Gasteiger partial charge is 0.214 e. The standard InChI is InChI=1S/C18H16ClNO/c1-12(2)21-18-11-15(13-6-4-3-5-7-13)16-10-14(19)8-9-17(16)20-18/h3-12H,1-2H3. The Labute approximate surface area is 129 Å². The number of fused-ring (bicyclic) bond motifs is 1. The lowest BCUT2D eigenvalue weighted by atomic mass is 10.0. The van der Waals surface area contributed by atoms with Gasteiger partial charge in [0.1, 0.15) is 0 Å². The van der Waals surface area contributed by atoms with E-state index in [1.807, 2.05) is 56.3 Å². The number of halogens is 1. The van der Waals surface area contributed by atoms with E-state index in [9.17, 15) is 0 Å². The number of benzene rings is 2. The number of hydrogen-bond donors (Lipinski definition) is 0. The molecule has 0 unspecified atom stereocenters. The fourth-order valence-corrected chi connectivity index (χ4v) is 2.50. The van der Waals surface area contributed by atoms with E-state index in [1.54, 1.807) is 0 Å². The summed E-state index contributed by atoms with van der Waals surface area (Å²) < 4.78 is 5.77. The van der Waals surface area contributed by atoms with Gasteiger partial charge in [0.05, 0.1) is 11.6 Å². The third-order valence-electron chi connectivity index (χ3n) is 3.19. The molecule has 0 saturated carbocycles. The van der Waals surface area contributed by atoms with E-state index >= 15 is 0 Å². The van der Waals surface area contributed by atoms with Crippen molar-refractivity contribution in [2.45, 2.75) is 20.0 Å². The number of aromatic nitrogens is 1. The van der Waals surface area contributed by atoms with Crippen LogP contribution in [0.4, 0.5) is 0 Å². The van der Waals surface area contributed by atoms with Gasteiger partial charge in [0.2, 0.25) is 5.88 Å². The maximum absolute atomic E-state index is 6.14. The van der Waals surface area contributed by atoms with Gasteiger partial charge in [-0.1, -0.05) is 41.9 Å². The molecule has 0 N–H and O–H groups in total. The van der Waals surface area contributed by atoms with Crippen LogP contribution < -0.4 is 4.74 Å². The lowest BCUT2D eigenvalue weighted by molar-refractivity contribution is 0.233. The Morgan fingerprint density at radius 1 is 1.00 bits per heavy atom. The largest absolute Gasteiger partial charge is 0.475 e. The Balaban J connectivity index is 2.25. The second-order valence-corrected chi connectivity index (χ2v) is 5.64. The quantitative estimate of drug-likeness (QED) is 0.651. The molecule has 0 amide bonds. The highest BCUT2D eigenvalue weighted by molar-refractivity contribution is 6.31. The molecule has 0 aliphatic rings. The minimum Gasteiger partial charge on any atom is -0.475 e. The summed E-state index contributed by atoms with van der Waals surface area (Å²) in [6.45, 7) is 3.99. The topological polar surface area (TPSA) is 22.1 Å². The Morgan fingerprint density at radius 2 is 1.76 bits per heavy atom. The summed E-state index contributed by atoms with van der Waals surface area (Å²) >= 11 is 6.14. The van der Waals surface area contributed by atoms with Crippen LogP contribution in [0.1, 0.15) is 13.8 Å². The fourth-order valence-electron chi connectivity index (χ4n) is 2.33. The van der Waals surface area contributed by atoms with Crippen LogP contribution in [0.15, 0.2) is 54.6 Å². The van der Waals surface area contributed by atoms with Crippen LogP contribution in [0.2, 0.25) is 5.02 Å². The first kappa shape index (κ1) is 13.9. The SMILES string of the molecule is CC(C)Oc1cc(-c2ccccc2)c2cc(Cl)ccc2n1. The zero-order valence-electron chi connectivity index (χ0n) is 12.0. The van der Waals surface area contributed by atoms with Crippen LogP contribution >= 0.6 is 11.6 Å². The molecule has 0 aliphatic carbocycles. The summed E-state index contributed by atoms with van der Waals surface area (Å²) in [6.07, 6.45) is 0.0888. The predicted molar refractivity (Wildman–Crippen MR) is 88.0 cm³/mol. The third-order valence-corrected chi connectivity index (χ3v) is 3.42. The summed E-state index contributed by atoms with van der Waals surface area (Å²) in [5.74, 6) is 0.638. The number of pyridine rings is 1. The van der Waals surface area contributed by atoms with Gasteiger partial charge in [0.25, 0.3) is 0 Å². The Morgan fingerprint density at radius 3 is 2.48 bits per heavy atom. The first-order valence-corrected chi connectivity index (χ1v) is 7.33. The lowest BCUT2D eigenvalue weighted by Crippen LogP contribution is -2.07. The fraction of sp³-hybridized carbons (Fsp3) is 0.167. The molecule has 1 heterocycles. The number of rotatable bonds is 3. The molecule has 21 heavy (non-hydrogen) atoms. The Kier molecular flexibility index (Phi) is 3.80. The van der Waals surface area contributed by atoms with Crippen molar-refractivity contribution in [3.05, 3.63) is 59.6 Å². The van der Waals surface area contributed by atoms with Crippen LogP contribution in [-0.2, 0) is 0 Å². The second kappa shape index (κ2) is 5.74. The molecule has 106 valence electrons. The number of ether oxygens (including phenoxy) is 1. The first-order chi connectivity index (χ1) is 10.1. The molecule has 0 bridgehead atoms. The van der Waals surface area contributed by atoms with Gasteiger partial charge in [-0.2, -0.15) is 0 Å². The molecule has 0 spiro atoms. The van der Waals surface area contributed by atoms with Crippen LogP contribution in [-0.4, -0.2) is 11.1 Å². The lowest BCUT2D eigenvalue weighted by Gasteiger charge is -2.13. The molecule has 1 aromatic heterocycles. The van der Waals surface area contributed by atoms with Crippen molar-refractivity contribution in [1.82, 2.24) is 4.98 Å². The maximum atomic E-state index is 6.14. The Bertz CT molecular complexity index is 769. The molecule has 0 atom stereocenters. The van der Waals surface area contributed by atoms with Crippen molar-refractivity contribution >= 4 is 22.5 Å². The van der Waals surface area contributed by atoms with Gasteiger partial charge >= 0.3 is 0 Å². The van der Waals surface area contributed by atoms with E-state index in [0.29, 0.717) is 10.9 Å². The van der Waals surface area contributed by atoms with E-state index < -0.39 is 0 Å². The van der Waals surface area contributed by atoms with Crippen molar-refractivity contribution < 1.29 is 4.74 Å². The van der Waals surface area contributed by atoms with Crippen LogP contribution in [0.5, 0.6) is 5.88 Å². The van der Waals surface area contributed by atoms with Crippen LogP contribution in [0, 0.1) is 0 Å². The molecular formula is C18H16ClNO. The van der Waals surface area contributed by atoms with Gasteiger partial charge in [-0.3, -0.25) is 0 Å². The summed E-state index contributed by atoms with van der Waals surface area (Å²) in [6, 6.07) is 17.9. The predicted octanol–water partition coefficient (Wildman–Crippen LogP) is 5.34. The van der Waals surface area contributed by atoms with Crippen LogP contribution in [0.25, 0.3) is 22.0 Å². The van der Waals surface area contributed by atoms with E-state index in [4.69, 9.17) is 16.3 Å². The first-order valence-electron chi connectivity index (χ1n) is 6.96. The molecule has 0 radical (unpaired) electrons. The third kappa shape index (κ3) is 3.01. The highest BCUT2D eigenvalue weighted by Gasteiger charge is 2.10. The van der Waals surface area contributed by atoms with Gasteiger partial charge in [-0.15, -0.1) is 0 Å². The van der Waals surface area contributed by atoms with Crippen molar-refractivity contribution in [2.24, 2.45) is 0 Å². The molecule has 2 aromatic carbocycles. The molecule has 0 aliphatic heterocycles.